The first-order valence-electron chi connectivity index (χ1n) is 12.5. The number of amides is 1. The van der Waals surface area contributed by atoms with Gasteiger partial charge in [0.15, 0.2) is 0 Å². The van der Waals surface area contributed by atoms with E-state index in [1.54, 1.807) is 19.2 Å². The maximum Gasteiger partial charge on any atom is 0.308 e. The highest BCUT2D eigenvalue weighted by atomic mass is 35.5. The van der Waals surface area contributed by atoms with E-state index in [1.165, 1.54) is 0 Å². The molecule has 1 amide bonds. The van der Waals surface area contributed by atoms with Gasteiger partial charge in [-0.05, 0) is 74.4 Å². The molecule has 36 heavy (non-hydrogen) atoms. The van der Waals surface area contributed by atoms with Crippen molar-refractivity contribution in [2.75, 3.05) is 13.7 Å². The van der Waals surface area contributed by atoms with Crippen LogP contribution in [0.4, 0.5) is 0 Å². The molecule has 0 radical (unpaired) electrons. The van der Waals surface area contributed by atoms with Crippen molar-refractivity contribution in [2.45, 2.75) is 77.2 Å². The standard InChI is InChI=1S/C29H38ClNO5/c1-6-7-8-23(24(16-18-32)22-13-14-26(35-5)25(30)19-22)20-9-11-21(12-10-20)28(34)31-17-15-27(33)36-29(2,3)4/h9-14,18-19,23-24H,6-8,15-17H2,1-5H3,(H,31,34). The van der Waals surface area contributed by atoms with E-state index < -0.39 is 5.60 Å². The molecule has 2 rings (SSSR count). The Hall–Kier alpha value is -2.86. The lowest BCUT2D eigenvalue weighted by atomic mass is 9.77. The van der Waals surface area contributed by atoms with Crippen molar-refractivity contribution >= 4 is 29.8 Å². The molecule has 0 aliphatic carbocycles. The molecule has 0 aromatic heterocycles. The summed E-state index contributed by atoms with van der Waals surface area (Å²) < 4.78 is 10.6. The Morgan fingerprint density at radius 2 is 1.72 bits per heavy atom. The lowest BCUT2D eigenvalue weighted by Crippen LogP contribution is -2.29. The first kappa shape index (κ1) is 29.4. The van der Waals surface area contributed by atoms with Crippen LogP contribution >= 0.6 is 11.6 Å². The summed E-state index contributed by atoms with van der Waals surface area (Å²) in [6.45, 7) is 7.76. The van der Waals surface area contributed by atoms with Gasteiger partial charge < -0.3 is 19.6 Å². The van der Waals surface area contributed by atoms with Crippen LogP contribution in [-0.2, 0) is 14.3 Å². The lowest BCUT2D eigenvalue weighted by molar-refractivity contribution is -0.154. The minimum Gasteiger partial charge on any atom is -0.495 e. The topological polar surface area (TPSA) is 81.7 Å². The number of methoxy groups -OCH3 is 1. The third-order valence-corrected chi connectivity index (χ3v) is 6.24. The third-order valence-electron chi connectivity index (χ3n) is 5.94. The first-order chi connectivity index (χ1) is 17.1. The van der Waals surface area contributed by atoms with Crippen molar-refractivity contribution in [3.8, 4) is 5.75 Å². The van der Waals surface area contributed by atoms with Crippen molar-refractivity contribution in [3.63, 3.8) is 0 Å². The number of carbonyl (C=O) groups is 3. The molecule has 6 nitrogen and oxygen atoms in total. The number of ether oxygens (including phenoxy) is 2. The van der Waals surface area contributed by atoms with Gasteiger partial charge in [-0.3, -0.25) is 9.59 Å². The Morgan fingerprint density at radius 3 is 2.28 bits per heavy atom. The van der Waals surface area contributed by atoms with E-state index in [1.807, 2.05) is 51.1 Å². The molecule has 0 spiro atoms. The van der Waals surface area contributed by atoms with E-state index in [0.717, 1.165) is 36.7 Å². The van der Waals surface area contributed by atoms with Crippen LogP contribution in [0.25, 0.3) is 0 Å². The van der Waals surface area contributed by atoms with Crippen LogP contribution in [0.2, 0.25) is 5.02 Å². The summed E-state index contributed by atoms with van der Waals surface area (Å²) in [5.74, 6) is 0.0330. The zero-order valence-electron chi connectivity index (χ0n) is 21.9. The van der Waals surface area contributed by atoms with Crippen LogP contribution in [-0.4, -0.2) is 37.4 Å². The van der Waals surface area contributed by atoms with Crippen LogP contribution in [0.1, 0.15) is 93.1 Å². The minimum absolute atomic E-state index is 0.0500. The van der Waals surface area contributed by atoms with Crippen molar-refractivity contribution in [1.29, 1.82) is 0 Å². The van der Waals surface area contributed by atoms with Crippen LogP contribution in [0.15, 0.2) is 42.5 Å². The second-order valence-corrected chi connectivity index (χ2v) is 10.3. The fourth-order valence-electron chi connectivity index (χ4n) is 4.23. The molecule has 0 aliphatic rings. The molecule has 196 valence electrons. The molecule has 1 N–H and O–H groups in total. The molecule has 0 bridgehead atoms. The molecule has 0 heterocycles. The molecular formula is C29H38ClNO5. The summed E-state index contributed by atoms with van der Waals surface area (Å²) >= 11 is 6.39. The average Bonchev–Trinajstić information content (AvgIpc) is 2.82. The van der Waals surface area contributed by atoms with Gasteiger partial charge in [-0.2, -0.15) is 0 Å². The van der Waals surface area contributed by atoms with E-state index in [-0.39, 0.29) is 36.7 Å². The third kappa shape index (κ3) is 8.98. The Balaban J connectivity index is 2.17. The maximum atomic E-state index is 12.6. The highest BCUT2D eigenvalue weighted by molar-refractivity contribution is 6.32. The summed E-state index contributed by atoms with van der Waals surface area (Å²) in [6.07, 6.45) is 4.37. The minimum atomic E-state index is -0.551. The van der Waals surface area contributed by atoms with E-state index in [9.17, 15) is 14.4 Å². The largest absolute Gasteiger partial charge is 0.495 e. The molecule has 0 fully saturated rings. The molecule has 2 aromatic rings. The normalized spacial score (nSPS) is 12.9. The molecule has 0 aliphatic heterocycles. The van der Waals surface area contributed by atoms with Gasteiger partial charge >= 0.3 is 5.97 Å². The molecule has 0 saturated carbocycles. The van der Waals surface area contributed by atoms with Gasteiger partial charge in [0.05, 0.1) is 18.6 Å². The van der Waals surface area contributed by atoms with Crippen molar-refractivity contribution in [2.24, 2.45) is 0 Å². The number of nitrogens with one attached hydrogen (secondary N) is 1. The highest BCUT2D eigenvalue weighted by Crippen LogP contribution is 2.41. The summed E-state index contributed by atoms with van der Waals surface area (Å²) in [6, 6.07) is 13.1. The zero-order chi connectivity index (χ0) is 26.7. The number of hydrogen-bond donors (Lipinski definition) is 1. The predicted molar refractivity (Wildman–Crippen MR) is 143 cm³/mol. The number of unbranched alkanes of at least 4 members (excludes halogenated alkanes) is 1. The number of rotatable bonds is 13. The van der Waals surface area contributed by atoms with Gasteiger partial charge in [-0.15, -0.1) is 0 Å². The average molecular weight is 516 g/mol. The molecule has 0 saturated heterocycles. The van der Waals surface area contributed by atoms with Crippen molar-refractivity contribution < 1.29 is 23.9 Å². The Labute approximate surface area is 219 Å². The summed E-state index contributed by atoms with van der Waals surface area (Å²) in [4.78, 5) is 36.1. The van der Waals surface area contributed by atoms with Crippen LogP contribution in [0, 0.1) is 0 Å². The number of halogens is 1. The molecule has 2 unspecified atom stereocenters. The zero-order valence-corrected chi connectivity index (χ0v) is 22.7. The Morgan fingerprint density at radius 1 is 1.06 bits per heavy atom. The van der Waals surface area contributed by atoms with Crippen molar-refractivity contribution in [1.82, 2.24) is 5.32 Å². The summed E-state index contributed by atoms with van der Waals surface area (Å²) in [5.41, 5.74) is 2.01. The molecule has 7 heteroatoms. The van der Waals surface area contributed by atoms with Crippen molar-refractivity contribution in [3.05, 3.63) is 64.2 Å². The lowest BCUT2D eigenvalue weighted by Gasteiger charge is -2.27. The number of carbonyl (C=O) groups excluding carboxylic acids is 3. The SMILES string of the molecule is CCCCC(c1ccc(C(=O)NCCC(=O)OC(C)(C)C)cc1)C(CC=O)c1ccc(OC)c(Cl)c1. The second kappa shape index (κ2) is 14.0. The van der Waals surface area contributed by atoms with E-state index >= 15 is 0 Å². The molecular weight excluding hydrogens is 478 g/mol. The van der Waals surface area contributed by atoms with E-state index in [0.29, 0.717) is 22.8 Å². The van der Waals surface area contributed by atoms with Gasteiger partial charge in [-0.25, -0.2) is 0 Å². The van der Waals surface area contributed by atoms with Gasteiger partial charge in [0.2, 0.25) is 0 Å². The Kier molecular flexibility index (Phi) is 11.4. The molecule has 2 atom stereocenters. The predicted octanol–water partition coefficient (Wildman–Crippen LogP) is 6.46. The van der Waals surface area contributed by atoms with Gasteiger partial charge in [0.25, 0.3) is 5.91 Å². The monoisotopic (exact) mass is 515 g/mol. The Bertz CT molecular complexity index is 1010. The van der Waals surface area contributed by atoms with Gasteiger partial charge in [-0.1, -0.05) is 49.6 Å². The fraction of sp³-hybridized carbons (Fsp3) is 0.483. The summed E-state index contributed by atoms with van der Waals surface area (Å²) in [7, 11) is 1.57. The fourth-order valence-corrected chi connectivity index (χ4v) is 4.49. The number of hydrogen-bond acceptors (Lipinski definition) is 5. The highest BCUT2D eigenvalue weighted by Gasteiger charge is 2.25. The number of esters is 1. The van der Waals surface area contributed by atoms with Crippen LogP contribution in [0.3, 0.4) is 0 Å². The summed E-state index contributed by atoms with van der Waals surface area (Å²) in [5, 5.41) is 3.28. The maximum absolute atomic E-state index is 12.6. The van der Waals surface area contributed by atoms with E-state index in [4.69, 9.17) is 21.1 Å². The smallest absolute Gasteiger partial charge is 0.308 e. The van der Waals surface area contributed by atoms with Gasteiger partial charge in [0.1, 0.15) is 17.6 Å². The molecule has 2 aromatic carbocycles. The quantitative estimate of drug-likeness (QED) is 0.244. The van der Waals surface area contributed by atoms with Crippen LogP contribution < -0.4 is 10.1 Å². The van der Waals surface area contributed by atoms with E-state index in [2.05, 4.69) is 12.2 Å². The number of aldehydes is 1. The number of benzene rings is 2. The van der Waals surface area contributed by atoms with Gasteiger partial charge in [0, 0.05) is 18.5 Å². The first-order valence-corrected chi connectivity index (χ1v) is 12.8. The van der Waals surface area contributed by atoms with Crippen LogP contribution in [0.5, 0.6) is 5.75 Å². The second-order valence-electron chi connectivity index (χ2n) is 9.87.